The summed E-state index contributed by atoms with van der Waals surface area (Å²) in [6.07, 6.45) is 6.38. The van der Waals surface area contributed by atoms with Gasteiger partial charge in [-0.2, -0.15) is 9.90 Å². The van der Waals surface area contributed by atoms with Crippen LogP contribution in [0.4, 0.5) is 0 Å². The Morgan fingerprint density at radius 3 is 2.56 bits per heavy atom. The lowest BCUT2D eigenvalue weighted by Gasteiger charge is -2.41. The number of piperazine rings is 1. The fourth-order valence-electron chi connectivity index (χ4n) is 5.09. The monoisotopic (exact) mass is 429 g/mol. The Morgan fingerprint density at radius 2 is 1.72 bits per heavy atom. The highest BCUT2D eigenvalue weighted by Gasteiger charge is 2.28. The lowest BCUT2D eigenvalue weighted by molar-refractivity contribution is 0.0864. The van der Waals surface area contributed by atoms with Crippen LogP contribution in [-0.4, -0.2) is 63.3 Å². The van der Waals surface area contributed by atoms with Crippen LogP contribution in [0.5, 0.6) is 0 Å². The third-order valence-electron chi connectivity index (χ3n) is 6.82. The second-order valence-corrected chi connectivity index (χ2v) is 8.86. The number of carbonyl (C=O) groups excluding carboxylic acids is 1. The highest BCUT2D eigenvalue weighted by Crippen LogP contribution is 2.34. The molecule has 6 heteroatoms. The molecule has 2 aromatic carbocycles. The van der Waals surface area contributed by atoms with E-state index in [0.717, 1.165) is 45.7 Å². The number of ketones is 1. The maximum absolute atomic E-state index is 12.5. The Balaban J connectivity index is 1.08. The molecule has 1 fully saturated rings. The molecule has 1 atom stereocenters. The van der Waals surface area contributed by atoms with Gasteiger partial charge in [-0.1, -0.05) is 54.6 Å². The molecule has 3 aromatic rings. The van der Waals surface area contributed by atoms with Crippen LogP contribution in [0.3, 0.4) is 0 Å². The molecule has 0 N–H and O–H groups in total. The highest BCUT2D eigenvalue weighted by atomic mass is 16.1. The third-order valence-corrected chi connectivity index (χ3v) is 6.82. The standard InChI is InChI=1S/C26H31N5O/c32-26(22-9-2-1-3-10-22)24-20-27-31(28-24)15-7-14-29-16-18-30(19-17-29)25-13-6-11-21-8-4-5-12-23(21)25/h1-5,8-10,12,20,25H,6-7,11,13-19H2. The van der Waals surface area contributed by atoms with Crippen LogP contribution < -0.4 is 0 Å². The van der Waals surface area contributed by atoms with E-state index in [9.17, 15) is 4.79 Å². The molecular formula is C26H31N5O. The van der Waals surface area contributed by atoms with E-state index >= 15 is 0 Å². The van der Waals surface area contributed by atoms with Gasteiger partial charge in [0.2, 0.25) is 5.78 Å². The van der Waals surface area contributed by atoms with Crippen molar-refractivity contribution in [1.82, 2.24) is 24.8 Å². The van der Waals surface area contributed by atoms with Gasteiger partial charge in [0, 0.05) is 44.3 Å². The fourth-order valence-corrected chi connectivity index (χ4v) is 5.09. The normalized spacial score (nSPS) is 19.6. The van der Waals surface area contributed by atoms with Crippen molar-refractivity contribution in [2.75, 3.05) is 32.7 Å². The van der Waals surface area contributed by atoms with Crippen LogP contribution in [0.1, 0.15) is 52.5 Å². The van der Waals surface area contributed by atoms with Crippen molar-refractivity contribution < 1.29 is 4.79 Å². The van der Waals surface area contributed by atoms with Gasteiger partial charge in [-0.25, -0.2) is 0 Å². The van der Waals surface area contributed by atoms with Crippen molar-refractivity contribution in [3.63, 3.8) is 0 Å². The van der Waals surface area contributed by atoms with Crippen LogP contribution in [-0.2, 0) is 13.0 Å². The average molecular weight is 430 g/mol. The zero-order valence-corrected chi connectivity index (χ0v) is 18.6. The van der Waals surface area contributed by atoms with Gasteiger partial charge in [0.25, 0.3) is 0 Å². The summed E-state index contributed by atoms with van der Waals surface area (Å²) in [6, 6.07) is 18.9. The number of hydrogen-bond acceptors (Lipinski definition) is 5. The summed E-state index contributed by atoms with van der Waals surface area (Å²) < 4.78 is 0. The molecule has 2 aliphatic rings. The van der Waals surface area contributed by atoms with Crippen molar-refractivity contribution >= 4 is 5.78 Å². The molecule has 32 heavy (non-hydrogen) atoms. The molecule has 0 amide bonds. The van der Waals surface area contributed by atoms with E-state index in [4.69, 9.17) is 0 Å². The zero-order chi connectivity index (χ0) is 21.8. The summed E-state index contributed by atoms with van der Waals surface area (Å²) in [5.41, 5.74) is 4.16. The largest absolute Gasteiger partial charge is 0.301 e. The molecular weight excluding hydrogens is 398 g/mol. The Bertz CT molecular complexity index is 1040. The maximum atomic E-state index is 12.5. The first-order valence-corrected chi connectivity index (χ1v) is 11.8. The minimum absolute atomic E-state index is 0.0720. The van der Waals surface area contributed by atoms with E-state index in [1.54, 1.807) is 22.1 Å². The Hall–Kier alpha value is -2.83. The molecule has 2 heterocycles. The van der Waals surface area contributed by atoms with Gasteiger partial charge in [0.15, 0.2) is 5.69 Å². The van der Waals surface area contributed by atoms with Gasteiger partial charge in [0.05, 0.1) is 12.7 Å². The van der Waals surface area contributed by atoms with Crippen LogP contribution >= 0.6 is 0 Å². The first kappa shape index (κ1) is 21.0. The minimum Gasteiger partial charge on any atom is -0.301 e. The average Bonchev–Trinajstić information content (AvgIpc) is 3.33. The van der Waals surface area contributed by atoms with E-state index in [2.05, 4.69) is 44.3 Å². The molecule has 5 rings (SSSR count). The first-order chi connectivity index (χ1) is 15.8. The lowest BCUT2D eigenvalue weighted by Crippen LogP contribution is -2.48. The van der Waals surface area contributed by atoms with Gasteiger partial charge >= 0.3 is 0 Å². The molecule has 0 spiro atoms. The third kappa shape index (κ3) is 4.66. The quantitative estimate of drug-likeness (QED) is 0.537. The number of benzene rings is 2. The van der Waals surface area contributed by atoms with Crippen LogP contribution in [0.2, 0.25) is 0 Å². The van der Waals surface area contributed by atoms with Crippen LogP contribution in [0.25, 0.3) is 0 Å². The zero-order valence-electron chi connectivity index (χ0n) is 18.6. The molecule has 1 unspecified atom stereocenters. The summed E-state index contributed by atoms with van der Waals surface area (Å²) in [7, 11) is 0. The molecule has 166 valence electrons. The Labute approximate surface area is 189 Å². The molecule has 1 aliphatic carbocycles. The molecule has 1 saturated heterocycles. The summed E-state index contributed by atoms with van der Waals surface area (Å²) in [4.78, 5) is 19.4. The predicted molar refractivity (Wildman–Crippen MR) is 125 cm³/mol. The molecule has 0 radical (unpaired) electrons. The van der Waals surface area contributed by atoms with Crippen molar-refractivity contribution in [2.24, 2.45) is 0 Å². The number of hydrogen-bond donors (Lipinski definition) is 0. The summed E-state index contributed by atoms with van der Waals surface area (Å²) >= 11 is 0. The van der Waals surface area contributed by atoms with Crippen molar-refractivity contribution in [1.29, 1.82) is 0 Å². The van der Waals surface area contributed by atoms with Crippen molar-refractivity contribution in [2.45, 2.75) is 38.3 Å². The Morgan fingerprint density at radius 1 is 0.938 bits per heavy atom. The molecule has 0 bridgehead atoms. The van der Waals surface area contributed by atoms with E-state index in [-0.39, 0.29) is 5.78 Å². The molecule has 0 saturated carbocycles. The summed E-state index contributed by atoms with van der Waals surface area (Å²) in [5, 5.41) is 8.69. The van der Waals surface area contributed by atoms with Gasteiger partial charge in [0.1, 0.15) is 0 Å². The number of fused-ring (bicyclic) bond motifs is 1. The minimum atomic E-state index is -0.0720. The SMILES string of the molecule is O=C(c1ccccc1)c1cnn(CCCN2CCN(C3CCCc4ccccc43)CC2)n1. The topological polar surface area (TPSA) is 54.3 Å². The summed E-state index contributed by atoms with van der Waals surface area (Å²) in [6.45, 7) is 6.27. The second kappa shape index (κ2) is 9.76. The van der Waals surface area contributed by atoms with Gasteiger partial charge in [-0.15, -0.1) is 5.10 Å². The Kier molecular flexibility index (Phi) is 6.41. The van der Waals surface area contributed by atoms with E-state index in [0.29, 0.717) is 17.3 Å². The van der Waals surface area contributed by atoms with Crippen LogP contribution in [0.15, 0.2) is 60.8 Å². The second-order valence-electron chi connectivity index (χ2n) is 8.86. The number of aromatic nitrogens is 3. The fraction of sp³-hybridized carbons (Fsp3) is 0.423. The molecule has 1 aliphatic heterocycles. The van der Waals surface area contributed by atoms with Crippen molar-refractivity contribution in [3.05, 3.63) is 83.2 Å². The smallest absolute Gasteiger partial charge is 0.214 e. The van der Waals surface area contributed by atoms with Crippen LogP contribution in [0, 0.1) is 0 Å². The van der Waals surface area contributed by atoms with E-state index in [1.807, 2.05) is 30.3 Å². The van der Waals surface area contributed by atoms with Gasteiger partial charge < -0.3 is 4.90 Å². The lowest BCUT2D eigenvalue weighted by atomic mass is 9.86. The molecule has 1 aromatic heterocycles. The van der Waals surface area contributed by atoms with Gasteiger partial charge in [-0.05, 0) is 36.8 Å². The molecule has 6 nitrogen and oxygen atoms in total. The predicted octanol–water partition coefficient (Wildman–Crippen LogP) is 3.59. The highest BCUT2D eigenvalue weighted by molar-refractivity contribution is 6.07. The number of nitrogens with zero attached hydrogens (tertiary/aromatic N) is 5. The van der Waals surface area contributed by atoms with E-state index in [1.165, 1.54) is 19.3 Å². The van der Waals surface area contributed by atoms with E-state index < -0.39 is 0 Å². The number of rotatable bonds is 7. The number of aryl methyl sites for hydroxylation is 2. The van der Waals surface area contributed by atoms with Crippen molar-refractivity contribution in [3.8, 4) is 0 Å². The summed E-state index contributed by atoms with van der Waals surface area (Å²) in [5.74, 6) is -0.0720. The maximum Gasteiger partial charge on any atom is 0.214 e. The van der Waals surface area contributed by atoms with Gasteiger partial charge in [-0.3, -0.25) is 9.69 Å². The first-order valence-electron chi connectivity index (χ1n) is 11.8. The number of carbonyl (C=O) groups is 1.